The van der Waals surface area contributed by atoms with Crippen molar-refractivity contribution in [2.45, 2.75) is 33.8 Å². The van der Waals surface area contributed by atoms with Crippen molar-refractivity contribution < 1.29 is 19.0 Å². The van der Waals surface area contributed by atoms with Crippen molar-refractivity contribution >= 4 is 29.2 Å². The zero-order valence-corrected chi connectivity index (χ0v) is 20.3. The topological polar surface area (TPSA) is 84.3 Å². The second kappa shape index (κ2) is 12.5. The molecular formula is C24H26Cl2FN3O3. The van der Waals surface area contributed by atoms with Crippen molar-refractivity contribution in [3.8, 4) is 16.9 Å². The molecule has 9 heteroatoms. The smallest absolute Gasteiger partial charge is 0.337 e. The molecule has 0 bridgehead atoms. The largest absolute Gasteiger partial charge is 0.484 e. The molecule has 3 aromatic rings. The van der Waals surface area contributed by atoms with E-state index in [0.29, 0.717) is 33.2 Å². The van der Waals surface area contributed by atoms with E-state index in [9.17, 15) is 9.18 Å². The van der Waals surface area contributed by atoms with Crippen LogP contribution in [-0.2, 0) is 0 Å². The fraction of sp³-hybridized carbons (Fsp3) is 0.292. The molecule has 0 amide bonds. The maximum Gasteiger partial charge on any atom is 0.337 e. The number of halogens is 3. The Balaban J connectivity index is 0.000000696. The second-order valence-electron chi connectivity index (χ2n) is 7.05. The first-order chi connectivity index (χ1) is 15.7. The summed E-state index contributed by atoms with van der Waals surface area (Å²) in [7, 11) is 0. The number of rotatable bonds is 7. The van der Waals surface area contributed by atoms with E-state index in [1.807, 2.05) is 0 Å². The summed E-state index contributed by atoms with van der Waals surface area (Å²) in [4.78, 5) is 19.4. The van der Waals surface area contributed by atoms with Crippen LogP contribution in [-0.4, -0.2) is 34.1 Å². The first-order valence-electron chi connectivity index (χ1n) is 10.4. The highest BCUT2D eigenvalue weighted by Gasteiger charge is 2.20. The van der Waals surface area contributed by atoms with E-state index >= 15 is 0 Å². The lowest BCUT2D eigenvalue weighted by Gasteiger charge is -2.19. The molecule has 1 atom stereocenters. The van der Waals surface area contributed by atoms with Gasteiger partial charge in [0.2, 0.25) is 0 Å². The zero-order valence-electron chi connectivity index (χ0n) is 18.8. The quantitative estimate of drug-likeness (QED) is 0.373. The van der Waals surface area contributed by atoms with Crippen LogP contribution in [0.15, 0.2) is 42.9 Å². The predicted molar refractivity (Wildman–Crippen MR) is 129 cm³/mol. The molecule has 0 aliphatic carbocycles. The minimum absolute atomic E-state index is 0.0623. The Bertz CT molecular complexity index is 1110. The summed E-state index contributed by atoms with van der Waals surface area (Å²) in [6, 6.07) is 5.82. The van der Waals surface area contributed by atoms with Crippen molar-refractivity contribution in [3.63, 3.8) is 0 Å². The lowest BCUT2D eigenvalue weighted by atomic mass is 10.1. The normalized spacial score (nSPS) is 11.4. The number of ether oxygens (including phenoxy) is 1. The number of hydrogen-bond donors (Lipinski definition) is 2. The van der Waals surface area contributed by atoms with Crippen LogP contribution < -0.4 is 10.1 Å². The van der Waals surface area contributed by atoms with E-state index in [4.69, 9.17) is 33.0 Å². The Kier molecular flexibility index (Phi) is 10.0. The van der Waals surface area contributed by atoms with Gasteiger partial charge >= 0.3 is 5.97 Å². The van der Waals surface area contributed by atoms with Crippen LogP contribution in [0.1, 0.15) is 48.5 Å². The first kappa shape index (κ1) is 26.5. The van der Waals surface area contributed by atoms with Crippen molar-refractivity contribution in [2.75, 3.05) is 13.1 Å². The Morgan fingerprint density at radius 3 is 2.42 bits per heavy atom. The maximum atomic E-state index is 13.8. The number of benzene rings is 1. The van der Waals surface area contributed by atoms with Crippen molar-refractivity contribution in [2.24, 2.45) is 0 Å². The number of carbonyl (C=O) groups is 1. The highest BCUT2D eigenvalue weighted by atomic mass is 35.5. The third kappa shape index (κ3) is 7.12. The molecule has 2 heterocycles. The highest BCUT2D eigenvalue weighted by molar-refractivity contribution is 6.36. The number of aromatic carboxylic acids is 1. The molecule has 1 aromatic carbocycles. The second-order valence-corrected chi connectivity index (χ2v) is 7.83. The molecule has 0 fully saturated rings. The highest BCUT2D eigenvalue weighted by Crippen LogP contribution is 2.36. The summed E-state index contributed by atoms with van der Waals surface area (Å²) in [5, 5.41) is 12.4. The zero-order chi connectivity index (χ0) is 24.5. The summed E-state index contributed by atoms with van der Waals surface area (Å²) in [5.74, 6) is -1.23. The van der Waals surface area contributed by atoms with Crippen molar-refractivity contribution in [1.29, 1.82) is 0 Å². The lowest BCUT2D eigenvalue weighted by molar-refractivity contribution is 0.0696. The summed E-state index contributed by atoms with van der Waals surface area (Å²) >= 11 is 12.2. The van der Waals surface area contributed by atoms with Gasteiger partial charge < -0.3 is 15.2 Å². The average molecular weight is 494 g/mol. The summed E-state index contributed by atoms with van der Waals surface area (Å²) in [6.07, 6.45) is 3.75. The van der Waals surface area contributed by atoms with E-state index in [0.717, 1.165) is 13.1 Å². The minimum Gasteiger partial charge on any atom is -0.484 e. The molecule has 0 radical (unpaired) electrons. The number of carboxylic acid groups (broad SMARTS) is 1. The van der Waals surface area contributed by atoms with Crippen LogP contribution in [0.2, 0.25) is 10.0 Å². The van der Waals surface area contributed by atoms with Gasteiger partial charge in [-0.05, 0) is 51.2 Å². The van der Waals surface area contributed by atoms with Gasteiger partial charge in [-0.15, -0.1) is 0 Å². The molecule has 0 aliphatic rings. The van der Waals surface area contributed by atoms with Gasteiger partial charge in [-0.2, -0.15) is 0 Å². The van der Waals surface area contributed by atoms with E-state index in [1.54, 1.807) is 26.1 Å². The molecule has 1 unspecified atom stereocenters. The van der Waals surface area contributed by atoms with Gasteiger partial charge in [-0.3, -0.25) is 9.97 Å². The van der Waals surface area contributed by atoms with Crippen LogP contribution in [0.25, 0.3) is 11.1 Å². The number of nitrogens with one attached hydrogen (secondary N) is 1. The number of pyridine rings is 2. The maximum absolute atomic E-state index is 13.8. The fourth-order valence-electron chi connectivity index (χ4n) is 2.92. The fourth-order valence-corrected chi connectivity index (χ4v) is 3.60. The Morgan fingerprint density at radius 2 is 1.82 bits per heavy atom. The van der Waals surface area contributed by atoms with E-state index in [2.05, 4.69) is 29.1 Å². The SMILES string of the molecule is CCNCC.Cc1ncc(-c2cncc(C(=O)O)c2)cc1OC(C)c1c(Cl)ccc(F)c1Cl. The van der Waals surface area contributed by atoms with Gasteiger partial charge in [0.1, 0.15) is 17.7 Å². The average Bonchev–Trinajstić information content (AvgIpc) is 2.79. The molecule has 0 saturated carbocycles. The van der Waals surface area contributed by atoms with E-state index in [1.165, 1.54) is 30.6 Å². The third-order valence-corrected chi connectivity index (χ3v) is 5.36. The minimum atomic E-state index is -1.07. The van der Waals surface area contributed by atoms with Crippen LogP contribution in [0.3, 0.4) is 0 Å². The molecule has 0 spiro atoms. The Labute approximate surface area is 202 Å². The number of aromatic nitrogens is 2. The Hall–Kier alpha value is -2.74. The molecule has 3 rings (SSSR count). The van der Waals surface area contributed by atoms with Crippen LogP contribution in [0.4, 0.5) is 4.39 Å². The molecule has 6 nitrogen and oxygen atoms in total. The Morgan fingerprint density at radius 1 is 1.15 bits per heavy atom. The van der Waals surface area contributed by atoms with Crippen molar-refractivity contribution in [1.82, 2.24) is 15.3 Å². The molecule has 0 aliphatic heterocycles. The number of hydrogen-bond acceptors (Lipinski definition) is 5. The van der Waals surface area contributed by atoms with Gasteiger partial charge in [0.25, 0.3) is 0 Å². The molecular weight excluding hydrogens is 468 g/mol. The van der Waals surface area contributed by atoms with Gasteiger partial charge in [0, 0.05) is 40.3 Å². The van der Waals surface area contributed by atoms with Crippen LogP contribution in [0.5, 0.6) is 5.75 Å². The van der Waals surface area contributed by atoms with Gasteiger partial charge in [-0.25, -0.2) is 9.18 Å². The molecule has 2 N–H and O–H groups in total. The van der Waals surface area contributed by atoms with E-state index < -0.39 is 17.9 Å². The summed E-state index contributed by atoms with van der Waals surface area (Å²) < 4.78 is 19.8. The molecule has 0 saturated heterocycles. The third-order valence-electron chi connectivity index (χ3n) is 4.65. The standard InChI is InChI=1S/C20H15Cl2FN2O3.C4H11N/c1-10-17(28-11(2)18-15(21)3-4-16(23)19(18)22)6-13(9-25-10)12-5-14(20(26)27)8-24-7-12;1-3-5-4-2/h3-9,11H,1-2H3,(H,26,27);5H,3-4H2,1-2H3. The molecule has 2 aromatic heterocycles. The van der Waals surface area contributed by atoms with Crippen molar-refractivity contribution in [3.05, 3.63) is 75.5 Å². The lowest BCUT2D eigenvalue weighted by Crippen LogP contribution is -2.09. The molecule has 33 heavy (non-hydrogen) atoms. The van der Waals surface area contributed by atoms with E-state index in [-0.39, 0.29) is 10.6 Å². The summed E-state index contributed by atoms with van der Waals surface area (Å²) in [5.41, 5.74) is 2.20. The summed E-state index contributed by atoms with van der Waals surface area (Å²) in [6.45, 7) is 9.85. The van der Waals surface area contributed by atoms with Gasteiger partial charge in [0.15, 0.2) is 0 Å². The number of aryl methyl sites for hydroxylation is 1. The molecule has 176 valence electrons. The first-order valence-corrected chi connectivity index (χ1v) is 11.1. The monoisotopic (exact) mass is 493 g/mol. The van der Waals surface area contributed by atoms with Gasteiger partial charge in [0.05, 0.1) is 16.3 Å². The number of nitrogens with zero attached hydrogens (tertiary/aromatic N) is 2. The van der Waals surface area contributed by atoms with Gasteiger partial charge in [-0.1, -0.05) is 37.0 Å². The van der Waals surface area contributed by atoms with Crippen LogP contribution >= 0.6 is 23.2 Å². The number of carboxylic acids is 1. The predicted octanol–water partition coefficient (Wildman–Crippen LogP) is 6.35. The van der Waals surface area contributed by atoms with Crippen LogP contribution in [0, 0.1) is 12.7 Å².